The van der Waals surface area contributed by atoms with E-state index in [-0.39, 0.29) is 11.7 Å². The molecule has 0 aromatic rings. The Kier molecular flexibility index (Phi) is 4.11. The lowest BCUT2D eigenvalue weighted by molar-refractivity contribution is 0.315. The Morgan fingerprint density at radius 1 is 1.54 bits per heavy atom. The summed E-state index contributed by atoms with van der Waals surface area (Å²) in [6, 6.07) is 0. The van der Waals surface area contributed by atoms with Crippen molar-refractivity contribution in [1.82, 2.24) is 0 Å². The van der Waals surface area contributed by atoms with Crippen LogP contribution in [0, 0.1) is 11.8 Å². The molecule has 0 saturated heterocycles. The third-order valence-corrected chi connectivity index (χ3v) is 3.32. The van der Waals surface area contributed by atoms with Crippen LogP contribution < -0.4 is 0 Å². The van der Waals surface area contributed by atoms with Gasteiger partial charge in [0.15, 0.2) is 0 Å². The van der Waals surface area contributed by atoms with Crippen LogP contribution >= 0.6 is 11.6 Å². The summed E-state index contributed by atoms with van der Waals surface area (Å²) in [4.78, 5) is 0. The third-order valence-electron chi connectivity index (χ3n) is 2.93. The van der Waals surface area contributed by atoms with Gasteiger partial charge in [0.1, 0.15) is 5.17 Å². The lowest BCUT2D eigenvalue weighted by Crippen LogP contribution is -2.12. The van der Waals surface area contributed by atoms with E-state index in [1.54, 1.807) is 0 Å². The predicted molar refractivity (Wildman–Crippen MR) is 55.7 cm³/mol. The van der Waals surface area contributed by atoms with Crippen LogP contribution in [0.25, 0.3) is 0 Å². The molecule has 3 atom stereocenters. The van der Waals surface area contributed by atoms with E-state index in [1.165, 1.54) is 0 Å². The largest absolute Gasteiger partial charge is 0.410 e. The van der Waals surface area contributed by atoms with Crippen LogP contribution in [-0.4, -0.2) is 18.2 Å². The van der Waals surface area contributed by atoms with Crippen LogP contribution in [-0.2, 0) is 0 Å². The monoisotopic (exact) mass is 199 g/mol. The molecule has 0 amide bonds. The van der Waals surface area contributed by atoms with Crippen LogP contribution in [0.2, 0.25) is 5.82 Å². The molecule has 3 unspecified atom stereocenters. The molecule has 0 spiro atoms. The van der Waals surface area contributed by atoms with Gasteiger partial charge < -0.3 is 5.21 Å². The highest BCUT2D eigenvalue weighted by molar-refractivity contribution is 6.65. The summed E-state index contributed by atoms with van der Waals surface area (Å²) in [7, 11) is 5.97. The highest BCUT2D eigenvalue weighted by atomic mass is 35.5. The lowest BCUT2D eigenvalue weighted by atomic mass is 9.73. The zero-order valence-corrected chi connectivity index (χ0v) is 8.67. The number of oxime groups is 1. The van der Waals surface area contributed by atoms with E-state index in [1.807, 2.05) is 0 Å². The van der Waals surface area contributed by atoms with Crippen LogP contribution in [0.1, 0.15) is 32.6 Å². The van der Waals surface area contributed by atoms with Crippen molar-refractivity contribution in [2.45, 2.75) is 38.4 Å². The molecule has 4 heteroatoms. The summed E-state index contributed by atoms with van der Waals surface area (Å²) in [6.07, 6.45) is 4.09. The minimum absolute atomic E-state index is 0.159. The molecule has 72 valence electrons. The Hall–Kier alpha value is -0.175. The van der Waals surface area contributed by atoms with Crippen molar-refractivity contribution < 1.29 is 5.21 Å². The lowest BCUT2D eigenvalue weighted by Gasteiger charge is -2.18. The summed E-state index contributed by atoms with van der Waals surface area (Å²) in [6.45, 7) is 2.16. The molecule has 0 bridgehead atoms. The molecule has 1 aliphatic rings. The fourth-order valence-electron chi connectivity index (χ4n) is 1.88. The zero-order chi connectivity index (χ0) is 9.84. The normalized spacial score (nSPS) is 37.1. The zero-order valence-electron chi connectivity index (χ0n) is 7.91. The van der Waals surface area contributed by atoms with Gasteiger partial charge in [-0.15, -0.1) is 0 Å². The van der Waals surface area contributed by atoms with Gasteiger partial charge in [-0.05, 0) is 18.8 Å². The van der Waals surface area contributed by atoms with Gasteiger partial charge in [-0.2, -0.15) is 0 Å². The fourth-order valence-corrected chi connectivity index (χ4v) is 2.08. The van der Waals surface area contributed by atoms with Crippen molar-refractivity contribution in [2.75, 3.05) is 0 Å². The van der Waals surface area contributed by atoms with Gasteiger partial charge in [0.25, 0.3) is 0 Å². The summed E-state index contributed by atoms with van der Waals surface area (Å²) < 4.78 is 0. The molecule has 2 nitrogen and oxygen atoms in total. The van der Waals surface area contributed by atoms with E-state index in [0.29, 0.717) is 11.1 Å². The molecule has 0 aliphatic heterocycles. The molecular weight excluding hydrogens is 184 g/mol. The Morgan fingerprint density at radius 2 is 2.23 bits per heavy atom. The minimum Gasteiger partial charge on any atom is -0.410 e. The van der Waals surface area contributed by atoms with Crippen LogP contribution in [0.3, 0.4) is 0 Å². The smallest absolute Gasteiger partial charge is 0.148 e. The number of nitrogens with zero attached hydrogens (tertiary/aromatic N) is 1. The van der Waals surface area contributed by atoms with Crippen LogP contribution in [0.4, 0.5) is 0 Å². The van der Waals surface area contributed by atoms with E-state index < -0.39 is 0 Å². The Bertz CT molecular complexity index is 198. The van der Waals surface area contributed by atoms with Gasteiger partial charge in [0.05, 0.1) is 7.85 Å². The quantitative estimate of drug-likeness (QED) is 0.228. The van der Waals surface area contributed by atoms with Crippen LogP contribution in [0.5, 0.6) is 0 Å². The first-order chi connectivity index (χ1) is 6.15. The molecule has 1 N–H and O–H groups in total. The molecule has 2 radical (unpaired) electrons. The highest BCUT2D eigenvalue weighted by Gasteiger charge is 2.24. The van der Waals surface area contributed by atoms with Crippen molar-refractivity contribution in [2.24, 2.45) is 17.0 Å². The number of rotatable bonds is 1. The first kappa shape index (κ1) is 10.9. The Morgan fingerprint density at radius 3 is 2.85 bits per heavy atom. The Labute approximate surface area is 85.8 Å². The maximum atomic E-state index is 8.55. The van der Waals surface area contributed by atoms with E-state index in [0.717, 1.165) is 25.7 Å². The molecule has 1 rings (SSSR count). The van der Waals surface area contributed by atoms with E-state index in [4.69, 9.17) is 24.7 Å². The average Bonchev–Trinajstić information content (AvgIpc) is 2.28. The molecule has 1 aliphatic carbocycles. The molecule has 0 heterocycles. The van der Waals surface area contributed by atoms with Gasteiger partial charge in [-0.25, -0.2) is 0 Å². The van der Waals surface area contributed by atoms with Crippen LogP contribution in [0.15, 0.2) is 5.16 Å². The maximum Gasteiger partial charge on any atom is 0.148 e. The second kappa shape index (κ2) is 4.89. The molecular formula is C9H15BClNO. The third kappa shape index (κ3) is 2.90. The first-order valence-corrected chi connectivity index (χ1v) is 5.16. The van der Waals surface area contributed by atoms with Crippen molar-refractivity contribution in [1.29, 1.82) is 0 Å². The Balaban J connectivity index is 2.59. The van der Waals surface area contributed by atoms with Gasteiger partial charge in [0, 0.05) is 5.92 Å². The fraction of sp³-hybridized carbons (Fsp3) is 0.889. The highest BCUT2D eigenvalue weighted by Crippen LogP contribution is 2.35. The maximum absolute atomic E-state index is 8.55. The summed E-state index contributed by atoms with van der Waals surface area (Å²) in [5, 5.41) is 11.9. The van der Waals surface area contributed by atoms with Crippen molar-refractivity contribution in [3.8, 4) is 0 Å². The van der Waals surface area contributed by atoms with Gasteiger partial charge in [-0.1, -0.05) is 42.3 Å². The molecule has 1 saturated carbocycles. The molecule has 13 heavy (non-hydrogen) atoms. The molecule has 1 fully saturated rings. The number of hydrogen-bond donors (Lipinski definition) is 1. The van der Waals surface area contributed by atoms with Gasteiger partial charge >= 0.3 is 0 Å². The SMILES string of the molecule is [B]C1CC(/C(Cl)=N/O)CCCC1C. The second-order valence-corrected chi connectivity index (χ2v) is 4.31. The van der Waals surface area contributed by atoms with E-state index >= 15 is 0 Å². The van der Waals surface area contributed by atoms with E-state index in [2.05, 4.69) is 12.1 Å². The molecule has 0 aromatic carbocycles. The number of hydrogen-bond acceptors (Lipinski definition) is 2. The van der Waals surface area contributed by atoms with Crippen molar-refractivity contribution in [3.63, 3.8) is 0 Å². The standard InChI is InChI=1S/C9H15BClNO/c1-6-3-2-4-7(5-8(6)10)9(11)12-13/h6-8,13H,2-5H2,1H3/b12-9-. The molecule has 0 aromatic heterocycles. The van der Waals surface area contributed by atoms with Gasteiger partial charge in [-0.3, -0.25) is 0 Å². The topological polar surface area (TPSA) is 32.6 Å². The van der Waals surface area contributed by atoms with Crippen molar-refractivity contribution in [3.05, 3.63) is 0 Å². The van der Waals surface area contributed by atoms with E-state index in [9.17, 15) is 0 Å². The second-order valence-electron chi connectivity index (χ2n) is 3.93. The predicted octanol–water partition coefficient (Wildman–Crippen LogP) is 2.80. The van der Waals surface area contributed by atoms with Gasteiger partial charge in [0.2, 0.25) is 0 Å². The average molecular weight is 199 g/mol. The summed E-state index contributed by atoms with van der Waals surface area (Å²) in [5.74, 6) is 0.891. The van der Waals surface area contributed by atoms with Crippen molar-refractivity contribution >= 4 is 24.6 Å². The summed E-state index contributed by atoms with van der Waals surface area (Å²) in [5.41, 5.74) is 0. The number of halogens is 1. The first-order valence-electron chi connectivity index (χ1n) is 4.78. The minimum atomic E-state index is 0.159. The summed E-state index contributed by atoms with van der Waals surface area (Å²) >= 11 is 5.77.